The molecule has 0 bridgehead atoms. The van der Waals surface area contributed by atoms with Crippen molar-refractivity contribution >= 4 is 28.9 Å². The average molecular weight is 321 g/mol. The number of carbonyl (C=O) groups excluding carboxylic acids is 2. The molecule has 0 saturated carbocycles. The van der Waals surface area contributed by atoms with Gasteiger partial charge in [-0.25, -0.2) is 0 Å². The van der Waals surface area contributed by atoms with E-state index in [4.69, 9.17) is 4.74 Å². The summed E-state index contributed by atoms with van der Waals surface area (Å²) in [4.78, 5) is 24.9. The summed E-state index contributed by atoms with van der Waals surface area (Å²) in [6.45, 7) is 5.24. The smallest absolute Gasteiger partial charge is 0.311 e. The number of carbonyl (C=O) groups is 2. The molecule has 0 radical (unpaired) electrons. The number of hydrogen-bond donors (Lipinski definition) is 1. The van der Waals surface area contributed by atoms with Crippen molar-refractivity contribution in [3.8, 4) is 0 Å². The van der Waals surface area contributed by atoms with Crippen LogP contribution in [-0.2, 0) is 27.8 Å². The first-order valence-corrected chi connectivity index (χ1v) is 7.79. The predicted molar refractivity (Wildman–Crippen MR) is 84.9 cm³/mol. The number of rotatable bonds is 5. The highest BCUT2D eigenvalue weighted by Gasteiger charge is 2.21. The highest BCUT2D eigenvalue weighted by Crippen LogP contribution is 2.19. The van der Waals surface area contributed by atoms with Crippen LogP contribution >= 0.6 is 11.3 Å². The van der Waals surface area contributed by atoms with Crippen LogP contribution in [0.2, 0.25) is 0 Å². The van der Waals surface area contributed by atoms with Gasteiger partial charge in [-0.2, -0.15) is 5.10 Å². The van der Waals surface area contributed by atoms with Gasteiger partial charge in [0, 0.05) is 11.9 Å². The van der Waals surface area contributed by atoms with Gasteiger partial charge in [0.1, 0.15) is 0 Å². The summed E-state index contributed by atoms with van der Waals surface area (Å²) in [5.74, 6) is -0.775. The highest BCUT2D eigenvalue weighted by molar-refractivity contribution is 7.10. The SMILES string of the molecule is Cc1nn(C)c(C)c1NC(=O)[C@@H](C)OC(=O)Cc1cccs1. The Balaban J connectivity index is 1.93. The second kappa shape index (κ2) is 6.74. The molecule has 118 valence electrons. The number of esters is 1. The molecule has 22 heavy (non-hydrogen) atoms. The van der Waals surface area contributed by atoms with Crippen molar-refractivity contribution in [3.05, 3.63) is 33.8 Å². The van der Waals surface area contributed by atoms with Crippen LogP contribution in [0.3, 0.4) is 0 Å². The first kappa shape index (κ1) is 16.2. The van der Waals surface area contributed by atoms with Crippen LogP contribution in [0.1, 0.15) is 23.2 Å². The molecule has 0 unspecified atom stereocenters. The Bertz CT molecular complexity index is 677. The van der Waals surface area contributed by atoms with Crippen LogP contribution in [-0.4, -0.2) is 27.8 Å². The number of nitrogens with zero attached hydrogens (tertiary/aromatic N) is 2. The number of nitrogens with one attached hydrogen (secondary N) is 1. The van der Waals surface area contributed by atoms with Crippen LogP contribution in [0.5, 0.6) is 0 Å². The van der Waals surface area contributed by atoms with Gasteiger partial charge in [0.25, 0.3) is 5.91 Å². The van der Waals surface area contributed by atoms with Gasteiger partial charge in [0.15, 0.2) is 6.10 Å². The fourth-order valence-corrected chi connectivity index (χ4v) is 2.72. The molecule has 0 aliphatic rings. The molecule has 2 rings (SSSR count). The topological polar surface area (TPSA) is 73.2 Å². The summed E-state index contributed by atoms with van der Waals surface area (Å²) < 4.78 is 6.87. The van der Waals surface area contributed by atoms with Gasteiger partial charge in [-0.3, -0.25) is 14.3 Å². The van der Waals surface area contributed by atoms with Crippen molar-refractivity contribution < 1.29 is 14.3 Å². The molecule has 0 aliphatic heterocycles. The maximum Gasteiger partial charge on any atom is 0.311 e. The largest absolute Gasteiger partial charge is 0.452 e. The lowest BCUT2D eigenvalue weighted by Crippen LogP contribution is -2.30. The standard InChI is InChI=1S/C15H19N3O3S/c1-9-14(10(2)18(4)17-9)16-15(20)11(3)21-13(19)8-12-6-5-7-22-12/h5-7,11H,8H2,1-4H3,(H,16,20)/t11-/m1/s1. The van der Waals surface area contributed by atoms with E-state index in [1.54, 1.807) is 11.6 Å². The van der Waals surface area contributed by atoms with Crippen LogP contribution in [0, 0.1) is 13.8 Å². The van der Waals surface area contributed by atoms with Gasteiger partial charge in [0.05, 0.1) is 23.5 Å². The Labute approximate surface area is 133 Å². The van der Waals surface area contributed by atoms with Crippen molar-refractivity contribution in [2.45, 2.75) is 33.3 Å². The minimum Gasteiger partial charge on any atom is -0.452 e. The van der Waals surface area contributed by atoms with Crippen LogP contribution in [0.25, 0.3) is 0 Å². The van der Waals surface area contributed by atoms with Gasteiger partial charge in [-0.1, -0.05) is 6.07 Å². The third kappa shape index (κ3) is 3.73. The molecule has 2 heterocycles. The van der Waals surface area contributed by atoms with Gasteiger partial charge < -0.3 is 10.1 Å². The summed E-state index contributed by atoms with van der Waals surface area (Å²) in [7, 11) is 1.81. The van der Waals surface area contributed by atoms with E-state index in [1.807, 2.05) is 38.4 Å². The van der Waals surface area contributed by atoms with Gasteiger partial charge in [-0.05, 0) is 32.2 Å². The maximum absolute atomic E-state index is 12.1. The van der Waals surface area contributed by atoms with E-state index in [0.717, 1.165) is 16.3 Å². The zero-order chi connectivity index (χ0) is 16.3. The second-order valence-electron chi connectivity index (χ2n) is 5.05. The summed E-state index contributed by atoms with van der Waals surface area (Å²) >= 11 is 1.48. The molecule has 2 aromatic heterocycles. The van der Waals surface area contributed by atoms with Crippen molar-refractivity contribution in [1.82, 2.24) is 9.78 Å². The summed E-state index contributed by atoms with van der Waals surface area (Å²) in [6.07, 6.45) is -0.674. The van der Waals surface area contributed by atoms with Crippen molar-refractivity contribution in [1.29, 1.82) is 0 Å². The van der Waals surface area contributed by atoms with E-state index in [2.05, 4.69) is 10.4 Å². The van der Waals surface area contributed by atoms with Crippen molar-refractivity contribution in [2.24, 2.45) is 7.05 Å². The van der Waals surface area contributed by atoms with Crippen LogP contribution in [0.15, 0.2) is 17.5 Å². The minimum absolute atomic E-state index is 0.181. The molecule has 1 amide bonds. The number of aromatic nitrogens is 2. The van der Waals surface area contributed by atoms with Gasteiger partial charge >= 0.3 is 5.97 Å². The van der Waals surface area contributed by atoms with E-state index in [1.165, 1.54) is 11.3 Å². The fourth-order valence-electron chi connectivity index (χ4n) is 2.03. The van der Waals surface area contributed by atoms with Crippen molar-refractivity contribution in [3.63, 3.8) is 0 Å². The molecular weight excluding hydrogens is 302 g/mol. The van der Waals surface area contributed by atoms with Crippen LogP contribution in [0.4, 0.5) is 5.69 Å². The Hall–Kier alpha value is -2.15. The highest BCUT2D eigenvalue weighted by atomic mass is 32.1. The predicted octanol–water partition coefficient (Wildman–Crippen LogP) is 2.21. The number of hydrogen-bond acceptors (Lipinski definition) is 5. The Morgan fingerprint density at radius 2 is 2.18 bits per heavy atom. The van der Waals surface area contributed by atoms with Gasteiger partial charge in [-0.15, -0.1) is 11.3 Å². The zero-order valence-electron chi connectivity index (χ0n) is 13.0. The molecule has 0 aromatic carbocycles. The molecule has 6 nitrogen and oxygen atoms in total. The summed E-state index contributed by atoms with van der Waals surface area (Å²) in [5.41, 5.74) is 2.24. The number of thiophene rings is 1. The molecule has 0 saturated heterocycles. The lowest BCUT2D eigenvalue weighted by Gasteiger charge is -2.13. The Kier molecular flexibility index (Phi) is 4.97. The van der Waals surface area contributed by atoms with E-state index in [-0.39, 0.29) is 12.3 Å². The molecule has 1 N–H and O–H groups in total. The average Bonchev–Trinajstić information content (AvgIpc) is 3.02. The fraction of sp³-hybridized carbons (Fsp3) is 0.400. The quantitative estimate of drug-likeness (QED) is 0.857. The third-order valence-corrected chi connectivity index (χ3v) is 4.21. The molecular formula is C15H19N3O3S. The lowest BCUT2D eigenvalue weighted by molar-refractivity contribution is -0.152. The molecule has 0 aliphatic carbocycles. The first-order chi connectivity index (χ1) is 10.4. The number of anilines is 1. The van der Waals surface area contributed by atoms with Gasteiger partial charge in [0.2, 0.25) is 0 Å². The van der Waals surface area contributed by atoms with E-state index >= 15 is 0 Å². The monoisotopic (exact) mass is 321 g/mol. The molecule has 0 spiro atoms. The Morgan fingerprint density at radius 1 is 1.45 bits per heavy atom. The molecule has 1 atom stereocenters. The Morgan fingerprint density at radius 3 is 2.73 bits per heavy atom. The number of ether oxygens (including phenoxy) is 1. The number of amides is 1. The lowest BCUT2D eigenvalue weighted by atomic mass is 10.3. The number of aryl methyl sites for hydroxylation is 2. The van der Waals surface area contributed by atoms with E-state index in [9.17, 15) is 9.59 Å². The zero-order valence-corrected chi connectivity index (χ0v) is 13.9. The van der Waals surface area contributed by atoms with E-state index in [0.29, 0.717) is 5.69 Å². The maximum atomic E-state index is 12.1. The van der Waals surface area contributed by atoms with Crippen molar-refractivity contribution in [2.75, 3.05) is 5.32 Å². The molecule has 0 fully saturated rings. The normalized spacial score (nSPS) is 12.0. The summed E-state index contributed by atoms with van der Waals surface area (Å²) in [6, 6.07) is 3.73. The minimum atomic E-state index is -0.855. The summed E-state index contributed by atoms with van der Waals surface area (Å²) in [5, 5.41) is 8.89. The second-order valence-corrected chi connectivity index (χ2v) is 6.08. The van der Waals surface area contributed by atoms with E-state index < -0.39 is 12.1 Å². The third-order valence-electron chi connectivity index (χ3n) is 3.33. The van der Waals surface area contributed by atoms with Crippen LogP contribution < -0.4 is 5.32 Å². The molecule has 2 aromatic rings. The molecule has 7 heteroatoms. The first-order valence-electron chi connectivity index (χ1n) is 6.91.